The highest BCUT2D eigenvalue weighted by molar-refractivity contribution is 6.24. The third-order valence-electron chi connectivity index (χ3n) is 6.02. The molecule has 3 aromatic rings. The van der Waals surface area contributed by atoms with E-state index in [1.54, 1.807) is 54.6 Å². The summed E-state index contributed by atoms with van der Waals surface area (Å²) in [7, 11) is 0. The number of fused-ring (bicyclic) bond motifs is 1. The van der Waals surface area contributed by atoms with E-state index in [9.17, 15) is 19.5 Å². The molecule has 0 bridgehead atoms. The third-order valence-corrected chi connectivity index (χ3v) is 6.02. The van der Waals surface area contributed by atoms with Crippen LogP contribution in [0.5, 0.6) is 5.75 Å². The van der Waals surface area contributed by atoms with Crippen LogP contribution in [0.15, 0.2) is 78.9 Å². The smallest absolute Gasteiger partial charge is 0.336 e. The van der Waals surface area contributed by atoms with Crippen LogP contribution in [0.4, 0.5) is 11.4 Å². The van der Waals surface area contributed by atoms with Crippen molar-refractivity contribution >= 4 is 29.2 Å². The minimum atomic E-state index is -1.12. The van der Waals surface area contributed by atoms with Crippen molar-refractivity contribution in [1.29, 1.82) is 0 Å². The van der Waals surface area contributed by atoms with Gasteiger partial charge >= 0.3 is 5.97 Å². The van der Waals surface area contributed by atoms with Crippen molar-refractivity contribution < 1.29 is 29.1 Å². The first-order valence-corrected chi connectivity index (χ1v) is 10.9. The molecule has 34 heavy (non-hydrogen) atoms. The maximum atomic E-state index is 13.7. The van der Waals surface area contributed by atoms with Crippen LogP contribution >= 0.6 is 0 Å². The number of amides is 2. The lowest BCUT2D eigenvalue weighted by Crippen LogP contribution is -2.37. The molecule has 5 rings (SSSR count). The summed E-state index contributed by atoms with van der Waals surface area (Å²) in [6.07, 6.45) is -1.09. The molecule has 2 fully saturated rings. The largest absolute Gasteiger partial charge is 0.494 e. The molecule has 2 aliphatic rings. The van der Waals surface area contributed by atoms with Gasteiger partial charge in [0.25, 0.3) is 5.91 Å². The SMILES string of the molecule is CCOc1cccc(N2C(=O)[C@@H]3[C@@H](c4ccccc4C(=O)O)N(c4ccccc4)O[C@H]3C2=O)c1. The summed E-state index contributed by atoms with van der Waals surface area (Å²) < 4.78 is 5.52. The van der Waals surface area contributed by atoms with E-state index >= 15 is 0 Å². The summed E-state index contributed by atoms with van der Waals surface area (Å²) in [4.78, 5) is 46.4. The molecule has 2 amide bonds. The third kappa shape index (κ3) is 3.48. The Morgan fingerprint density at radius 2 is 1.65 bits per heavy atom. The van der Waals surface area contributed by atoms with Crippen LogP contribution in [0.1, 0.15) is 28.9 Å². The Hall–Kier alpha value is -4.17. The number of rotatable bonds is 6. The Kier molecular flexibility index (Phi) is 5.51. The quantitative estimate of drug-likeness (QED) is 0.561. The second-order valence-corrected chi connectivity index (χ2v) is 7.99. The van der Waals surface area contributed by atoms with Crippen LogP contribution in [0, 0.1) is 5.92 Å². The highest BCUT2D eigenvalue weighted by Gasteiger charge is 2.60. The van der Waals surface area contributed by atoms with Crippen molar-refractivity contribution in [1.82, 2.24) is 0 Å². The van der Waals surface area contributed by atoms with Crippen molar-refractivity contribution in [3.63, 3.8) is 0 Å². The molecule has 2 heterocycles. The van der Waals surface area contributed by atoms with E-state index in [0.717, 1.165) is 4.90 Å². The van der Waals surface area contributed by atoms with Crippen LogP contribution < -0.4 is 14.7 Å². The fourth-order valence-corrected chi connectivity index (χ4v) is 4.61. The Balaban J connectivity index is 1.60. The average Bonchev–Trinajstić information content (AvgIpc) is 3.36. The van der Waals surface area contributed by atoms with Crippen LogP contribution in [0.3, 0.4) is 0 Å². The van der Waals surface area contributed by atoms with Gasteiger partial charge in [-0.25, -0.2) is 14.8 Å². The number of benzene rings is 3. The maximum Gasteiger partial charge on any atom is 0.336 e. The predicted octanol–water partition coefficient (Wildman–Crippen LogP) is 3.83. The first-order valence-electron chi connectivity index (χ1n) is 10.9. The number of ether oxygens (including phenoxy) is 1. The number of hydrogen-bond acceptors (Lipinski definition) is 6. The lowest BCUT2D eigenvalue weighted by molar-refractivity contribution is -0.126. The summed E-state index contributed by atoms with van der Waals surface area (Å²) in [6, 6.07) is 21.5. The minimum absolute atomic E-state index is 0.0507. The molecule has 0 unspecified atom stereocenters. The van der Waals surface area contributed by atoms with Gasteiger partial charge in [0, 0.05) is 6.07 Å². The van der Waals surface area contributed by atoms with Gasteiger partial charge in [-0.1, -0.05) is 42.5 Å². The molecule has 0 aliphatic carbocycles. The molecular formula is C26H22N2O6. The zero-order chi connectivity index (χ0) is 23.8. The Morgan fingerprint density at radius 3 is 2.38 bits per heavy atom. The lowest BCUT2D eigenvalue weighted by Gasteiger charge is -2.29. The van der Waals surface area contributed by atoms with Crippen molar-refractivity contribution in [3.8, 4) is 5.75 Å². The highest BCUT2D eigenvalue weighted by atomic mass is 16.7. The number of carboxylic acids is 1. The number of hydroxylamine groups is 1. The molecule has 3 aromatic carbocycles. The maximum absolute atomic E-state index is 13.7. The van der Waals surface area contributed by atoms with Crippen LogP contribution in [0.2, 0.25) is 0 Å². The number of aromatic carboxylic acids is 1. The molecule has 172 valence electrons. The summed E-state index contributed by atoms with van der Waals surface area (Å²) in [5.74, 6) is -2.46. The second-order valence-electron chi connectivity index (χ2n) is 7.99. The molecule has 3 atom stereocenters. The van der Waals surface area contributed by atoms with Crippen LogP contribution in [0.25, 0.3) is 0 Å². The van der Waals surface area contributed by atoms with E-state index in [1.807, 2.05) is 25.1 Å². The number of para-hydroxylation sites is 1. The Labute approximate surface area is 195 Å². The van der Waals surface area contributed by atoms with Gasteiger partial charge in [-0.15, -0.1) is 0 Å². The van der Waals surface area contributed by atoms with Gasteiger partial charge in [-0.05, 0) is 42.8 Å². The van der Waals surface area contributed by atoms with Gasteiger partial charge in [-0.3, -0.25) is 14.4 Å². The standard InChI is InChI=1S/C26H22N2O6/c1-2-33-18-12-8-11-17(15-18)27-24(29)21-22(19-13-6-7-14-20(19)26(31)32)28(34-23(21)25(27)30)16-9-4-3-5-10-16/h3-15,21-23H,2H2,1H3,(H,31,32)/t21-,22-,23-/m1/s1. The van der Waals surface area contributed by atoms with Crippen molar-refractivity contribution in [3.05, 3.63) is 90.0 Å². The molecule has 0 spiro atoms. The van der Waals surface area contributed by atoms with Gasteiger partial charge < -0.3 is 9.84 Å². The van der Waals surface area contributed by atoms with E-state index < -0.39 is 35.8 Å². The van der Waals surface area contributed by atoms with E-state index in [-0.39, 0.29) is 5.56 Å². The molecule has 0 radical (unpaired) electrons. The number of carbonyl (C=O) groups is 3. The zero-order valence-electron chi connectivity index (χ0n) is 18.3. The van der Waals surface area contributed by atoms with Gasteiger partial charge in [0.1, 0.15) is 11.7 Å². The van der Waals surface area contributed by atoms with E-state index in [0.29, 0.717) is 29.3 Å². The lowest BCUT2D eigenvalue weighted by atomic mass is 9.88. The van der Waals surface area contributed by atoms with Gasteiger partial charge in [0.15, 0.2) is 6.10 Å². The number of carboxylic acid groups (broad SMARTS) is 1. The van der Waals surface area contributed by atoms with E-state index in [2.05, 4.69) is 0 Å². The monoisotopic (exact) mass is 458 g/mol. The van der Waals surface area contributed by atoms with E-state index in [4.69, 9.17) is 9.57 Å². The molecule has 8 nitrogen and oxygen atoms in total. The van der Waals surface area contributed by atoms with Crippen molar-refractivity contribution in [2.45, 2.75) is 19.1 Å². The Morgan fingerprint density at radius 1 is 0.941 bits per heavy atom. The predicted molar refractivity (Wildman–Crippen MR) is 124 cm³/mol. The second kappa shape index (κ2) is 8.64. The molecule has 1 N–H and O–H groups in total. The molecule has 2 saturated heterocycles. The molecule has 2 aliphatic heterocycles. The number of carbonyl (C=O) groups excluding carboxylic acids is 2. The average molecular weight is 458 g/mol. The van der Waals surface area contributed by atoms with Crippen molar-refractivity contribution in [2.75, 3.05) is 16.6 Å². The molecular weight excluding hydrogens is 436 g/mol. The van der Waals surface area contributed by atoms with Gasteiger partial charge in [0.2, 0.25) is 5.91 Å². The van der Waals surface area contributed by atoms with Crippen molar-refractivity contribution in [2.24, 2.45) is 5.92 Å². The first-order chi connectivity index (χ1) is 16.5. The highest BCUT2D eigenvalue weighted by Crippen LogP contribution is 2.48. The minimum Gasteiger partial charge on any atom is -0.494 e. The fraction of sp³-hybridized carbons (Fsp3) is 0.192. The fourth-order valence-electron chi connectivity index (χ4n) is 4.61. The summed E-state index contributed by atoms with van der Waals surface area (Å²) in [5, 5.41) is 11.3. The summed E-state index contributed by atoms with van der Waals surface area (Å²) in [5.41, 5.74) is 1.45. The van der Waals surface area contributed by atoms with E-state index in [1.165, 1.54) is 11.1 Å². The number of nitrogens with zero attached hydrogens (tertiary/aromatic N) is 2. The number of anilines is 2. The van der Waals surface area contributed by atoms with Crippen LogP contribution in [-0.2, 0) is 14.4 Å². The summed E-state index contributed by atoms with van der Waals surface area (Å²) >= 11 is 0. The Bertz CT molecular complexity index is 1260. The number of hydrogen-bond donors (Lipinski definition) is 1. The first kappa shape index (κ1) is 21.7. The number of imide groups is 1. The van der Waals surface area contributed by atoms with Gasteiger partial charge in [-0.2, -0.15) is 0 Å². The van der Waals surface area contributed by atoms with Gasteiger partial charge in [0.05, 0.1) is 29.6 Å². The normalized spacial score (nSPS) is 21.6. The van der Waals surface area contributed by atoms with Crippen LogP contribution in [-0.4, -0.2) is 35.6 Å². The summed E-state index contributed by atoms with van der Waals surface area (Å²) in [6.45, 7) is 2.29. The topological polar surface area (TPSA) is 96.4 Å². The molecule has 0 aromatic heterocycles. The molecule has 0 saturated carbocycles. The molecule has 8 heteroatoms. The zero-order valence-corrected chi connectivity index (χ0v) is 18.3.